The molecule has 1 aromatic heterocycles. The van der Waals surface area contributed by atoms with Gasteiger partial charge in [0, 0.05) is 16.6 Å². The first kappa shape index (κ1) is 21.4. The first-order valence-electron chi connectivity index (χ1n) is 9.35. The van der Waals surface area contributed by atoms with E-state index in [0.29, 0.717) is 6.42 Å². The lowest BCUT2D eigenvalue weighted by atomic mass is 9.84. The lowest BCUT2D eigenvalue weighted by molar-refractivity contribution is -0.140. The molecule has 0 saturated carbocycles. The summed E-state index contributed by atoms with van der Waals surface area (Å²) < 4.78 is 43.0. The standard InChI is InChI=1S/C22H20F3NO4/c1-4-10(2)17(22(29)30)18-11(3)26(15-7-8-16(27)20(25)19(15)18)21(28)12-5-6-13(23)14(24)9-12/h5-10,17,27H,4H2,1-3H3,(H,29,30)/t10?,17-/m0/s1. The van der Waals surface area contributed by atoms with Crippen molar-refractivity contribution in [3.8, 4) is 5.75 Å². The number of phenols is 1. The molecule has 158 valence electrons. The summed E-state index contributed by atoms with van der Waals surface area (Å²) in [4.78, 5) is 25.2. The third kappa shape index (κ3) is 3.32. The molecule has 2 aromatic carbocycles. The van der Waals surface area contributed by atoms with E-state index in [-0.39, 0.29) is 27.7 Å². The zero-order valence-electron chi connectivity index (χ0n) is 16.5. The number of carbonyl (C=O) groups is 2. The minimum atomic E-state index is -1.22. The van der Waals surface area contributed by atoms with Crippen molar-refractivity contribution in [3.63, 3.8) is 0 Å². The number of benzene rings is 2. The SMILES string of the molecule is CCC(C)[C@H](C(=O)O)c1c(C)n(C(=O)c2ccc(F)c(F)c2)c2ccc(O)c(F)c12. The van der Waals surface area contributed by atoms with Gasteiger partial charge >= 0.3 is 5.97 Å². The lowest BCUT2D eigenvalue weighted by Crippen LogP contribution is -2.21. The van der Waals surface area contributed by atoms with E-state index in [1.54, 1.807) is 13.8 Å². The number of aromatic hydroxyl groups is 1. The molecule has 0 aliphatic heterocycles. The van der Waals surface area contributed by atoms with Crippen LogP contribution >= 0.6 is 0 Å². The molecule has 0 fully saturated rings. The van der Waals surface area contributed by atoms with Gasteiger partial charge in [-0.2, -0.15) is 0 Å². The van der Waals surface area contributed by atoms with Gasteiger partial charge in [-0.05, 0) is 48.7 Å². The Hall–Kier alpha value is -3.29. The fourth-order valence-corrected chi connectivity index (χ4v) is 3.77. The van der Waals surface area contributed by atoms with Crippen molar-refractivity contribution < 1.29 is 33.0 Å². The number of carbonyl (C=O) groups excluding carboxylic acids is 1. The fourth-order valence-electron chi connectivity index (χ4n) is 3.77. The summed E-state index contributed by atoms with van der Waals surface area (Å²) in [5, 5.41) is 19.5. The maximum absolute atomic E-state index is 14.9. The Morgan fingerprint density at radius 3 is 2.33 bits per heavy atom. The molecule has 0 amide bonds. The second-order valence-electron chi connectivity index (χ2n) is 7.26. The number of aromatic nitrogens is 1. The molecule has 5 nitrogen and oxygen atoms in total. The van der Waals surface area contributed by atoms with Gasteiger partial charge in [-0.15, -0.1) is 0 Å². The number of rotatable bonds is 5. The smallest absolute Gasteiger partial charge is 0.311 e. The highest BCUT2D eigenvalue weighted by atomic mass is 19.2. The monoisotopic (exact) mass is 419 g/mol. The highest BCUT2D eigenvalue weighted by Gasteiger charge is 2.34. The first-order valence-corrected chi connectivity index (χ1v) is 9.35. The van der Waals surface area contributed by atoms with Gasteiger partial charge in [0.25, 0.3) is 5.91 Å². The van der Waals surface area contributed by atoms with Crippen LogP contribution in [-0.2, 0) is 4.79 Å². The number of carboxylic acid groups (broad SMARTS) is 1. The van der Waals surface area contributed by atoms with Crippen LogP contribution in [-0.4, -0.2) is 26.7 Å². The van der Waals surface area contributed by atoms with Gasteiger partial charge in [0.1, 0.15) is 0 Å². The fraction of sp³-hybridized carbons (Fsp3) is 0.273. The van der Waals surface area contributed by atoms with Crippen LogP contribution in [0.15, 0.2) is 30.3 Å². The third-order valence-electron chi connectivity index (χ3n) is 5.49. The Labute approximate surface area is 170 Å². The maximum Gasteiger partial charge on any atom is 0.311 e. The lowest BCUT2D eigenvalue weighted by Gasteiger charge is -2.20. The third-order valence-corrected chi connectivity index (χ3v) is 5.49. The van der Waals surface area contributed by atoms with Gasteiger partial charge in [0.2, 0.25) is 0 Å². The molecule has 2 atom stereocenters. The Balaban J connectivity index is 2.38. The van der Waals surface area contributed by atoms with Crippen LogP contribution in [0.5, 0.6) is 5.75 Å². The zero-order valence-corrected chi connectivity index (χ0v) is 16.5. The van der Waals surface area contributed by atoms with E-state index in [2.05, 4.69) is 0 Å². The summed E-state index contributed by atoms with van der Waals surface area (Å²) in [7, 11) is 0. The maximum atomic E-state index is 14.9. The number of nitrogens with zero attached hydrogens (tertiary/aromatic N) is 1. The van der Waals surface area contributed by atoms with Gasteiger partial charge in [0.15, 0.2) is 23.2 Å². The highest BCUT2D eigenvalue weighted by Crippen LogP contribution is 2.40. The molecule has 2 N–H and O–H groups in total. The van der Waals surface area contributed by atoms with Crippen LogP contribution in [0.3, 0.4) is 0 Å². The van der Waals surface area contributed by atoms with E-state index >= 15 is 0 Å². The zero-order chi connectivity index (χ0) is 22.3. The molecular weight excluding hydrogens is 399 g/mol. The molecular formula is C22H20F3NO4. The van der Waals surface area contributed by atoms with Gasteiger partial charge in [-0.3, -0.25) is 14.2 Å². The van der Waals surface area contributed by atoms with E-state index < -0.39 is 46.9 Å². The van der Waals surface area contributed by atoms with Gasteiger partial charge in [-0.25, -0.2) is 13.2 Å². The summed E-state index contributed by atoms with van der Waals surface area (Å²) in [6.45, 7) is 4.94. The van der Waals surface area contributed by atoms with E-state index in [1.807, 2.05) is 0 Å². The predicted molar refractivity (Wildman–Crippen MR) is 104 cm³/mol. The van der Waals surface area contributed by atoms with Gasteiger partial charge in [-0.1, -0.05) is 20.3 Å². The van der Waals surface area contributed by atoms with Crippen molar-refractivity contribution >= 4 is 22.8 Å². The largest absolute Gasteiger partial charge is 0.505 e. The van der Waals surface area contributed by atoms with E-state index in [1.165, 1.54) is 13.0 Å². The van der Waals surface area contributed by atoms with Crippen molar-refractivity contribution in [2.75, 3.05) is 0 Å². The Kier molecular flexibility index (Phi) is 5.61. The quantitative estimate of drug-likeness (QED) is 0.612. The van der Waals surface area contributed by atoms with E-state index in [0.717, 1.165) is 28.8 Å². The van der Waals surface area contributed by atoms with E-state index in [9.17, 15) is 33.0 Å². The van der Waals surface area contributed by atoms with Crippen molar-refractivity contribution in [2.45, 2.75) is 33.1 Å². The predicted octanol–water partition coefficient (Wildman–Crippen LogP) is 4.98. The van der Waals surface area contributed by atoms with Crippen LogP contribution in [0.1, 0.15) is 47.8 Å². The minimum absolute atomic E-state index is 0.0297. The molecule has 0 aliphatic rings. The molecule has 8 heteroatoms. The molecule has 3 rings (SSSR count). The number of fused-ring (bicyclic) bond motifs is 1. The molecule has 0 bridgehead atoms. The first-order chi connectivity index (χ1) is 14.1. The van der Waals surface area contributed by atoms with Gasteiger partial charge < -0.3 is 10.2 Å². The van der Waals surface area contributed by atoms with Crippen LogP contribution in [0.2, 0.25) is 0 Å². The summed E-state index contributed by atoms with van der Waals surface area (Å²) >= 11 is 0. The number of hydrogen-bond donors (Lipinski definition) is 2. The Bertz CT molecular complexity index is 1170. The number of phenolic OH excluding ortho intramolecular Hbond substituents is 1. The molecule has 1 heterocycles. The van der Waals surface area contributed by atoms with Crippen molar-refractivity contribution in [1.29, 1.82) is 0 Å². The molecule has 0 saturated heterocycles. The van der Waals surface area contributed by atoms with Crippen LogP contribution < -0.4 is 0 Å². The van der Waals surface area contributed by atoms with Crippen LogP contribution in [0.25, 0.3) is 10.9 Å². The average Bonchev–Trinajstić information content (AvgIpc) is 2.98. The number of hydrogen-bond acceptors (Lipinski definition) is 3. The molecule has 1 unspecified atom stereocenters. The second kappa shape index (κ2) is 7.85. The normalized spacial score (nSPS) is 13.4. The minimum Gasteiger partial charge on any atom is -0.505 e. The van der Waals surface area contributed by atoms with Crippen LogP contribution in [0, 0.1) is 30.3 Å². The molecule has 0 radical (unpaired) electrons. The van der Waals surface area contributed by atoms with Crippen molar-refractivity contribution in [2.24, 2.45) is 5.92 Å². The van der Waals surface area contributed by atoms with E-state index in [4.69, 9.17) is 0 Å². The van der Waals surface area contributed by atoms with Gasteiger partial charge in [0.05, 0.1) is 11.4 Å². The number of aliphatic carboxylic acids is 1. The molecule has 30 heavy (non-hydrogen) atoms. The molecule has 0 aliphatic carbocycles. The van der Waals surface area contributed by atoms with Crippen molar-refractivity contribution in [1.82, 2.24) is 4.57 Å². The molecule has 0 spiro atoms. The summed E-state index contributed by atoms with van der Waals surface area (Å²) in [5.41, 5.74) is 0.0551. The van der Waals surface area contributed by atoms with Crippen LogP contribution in [0.4, 0.5) is 13.2 Å². The Morgan fingerprint density at radius 2 is 1.77 bits per heavy atom. The summed E-state index contributed by atoms with van der Waals surface area (Å²) in [5.74, 6) is -7.60. The molecule has 3 aromatic rings. The topological polar surface area (TPSA) is 79.5 Å². The van der Waals surface area contributed by atoms with Crippen molar-refractivity contribution in [3.05, 3.63) is 64.6 Å². The second-order valence-corrected chi connectivity index (χ2v) is 7.26. The summed E-state index contributed by atoms with van der Waals surface area (Å²) in [6.07, 6.45) is 0.473. The number of halogens is 3. The highest BCUT2D eigenvalue weighted by molar-refractivity contribution is 6.05. The Morgan fingerprint density at radius 1 is 1.10 bits per heavy atom. The summed E-state index contributed by atoms with van der Waals surface area (Å²) in [6, 6.07) is 4.96. The average molecular weight is 419 g/mol. The number of carboxylic acids is 1.